The summed E-state index contributed by atoms with van der Waals surface area (Å²) in [7, 11) is 0. The Kier molecular flexibility index (Phi) is 5.31. The van der Waals surface area contributed by atoms with Gasteiger partial charge in [0.05, 0.1) is 11.7 Å². The number of thioether (sulfide) groups is 1. The van der Waals surface area contributed by atoms with Crippen molar-refractivity contribution in [2.45, 2.75) is 17.7 Å². The highest BCUT2D eigenvalue weighted by molar-refractivity contribution is 8.00. The monoisotopic (exact) mass is 313 g/mol. The van der Waals surface area contributed by atoms with E-state index in [9.17, 15) is 9.59 Å². The lowest BCUT2D eigenvalue weighted by atomic mass is 9.98. The number of carbonyl (C=O) groups excluding carboxylic acids is 1. The normalized spacial score (nSPS) is 18.9. The molecule has 4 nitrogen and oxygen atoms in total. The average Bonchev–Trinajstić information content (AvgIpc) is 2.46. The second kappa shape index (κ2) is 6.99. The number of carboxylic acids is 1. The topological polar surface area (TPSA) is 57.6 Å². The third-order valence-corrected chi connectivity index (χ3v) is 4.55. The number of carboxylic acid groups (broad SMARTS) is 1. The van der Waals surface area contributed by atoms with Crippen LogP contribution in [0.4, 0.5) is 0 Å². The minimum atomic E-state index is -0.812. The number of rotatable bonds is 4. The highest BCUT2D eigenvalue weighted by Gasteiger charge is 2.27. The van der Waals surface area contributed by atoms with Crippen molar-refractivity contribution >= 4 is 35.2 Å². The number of hydrogen-bond donors (Lipinski definition) is 1. The fourth-order valence-corrected chi connectivity index (χ4v) is 3.10. The van der Waals surface area contributed by atoms with Gasteiger partial charge in [0, 0.05) is 23.0 Å². The summed E-state index contributed by atoms with van der Waals surface area (Å²) in [5.41, 5.74) is 0. The van der Waals surface area contributed by atoms with Gasteiger partial charge in [0.25, 0.3) is 0 Å². The first-order valence-electron chi connectivity index (χ1n) is 6.45. The number of benzene rings is 1. The van der Waals surface area contributed by atoms with Crippen molar-refractivity contribution in [1.82, 2.24) is 4.90 Å². The quantitative estimate of drug-likeness (QED) is 0.868. The molecule has 0 unspecified atom stereocenters. The molecule has 0 aromatic heterocycles. The molecule has 108 valence electrons. The molecular formula is C14H16ClNO3S. The number of nitrogens with zero attached hydrogens (tertiary/aromatic N) is 1. The zero-order valence-corrected chi connectivity index (χ0v) is 12.5. The molecule has 1 saturated heterocycles. The SMILES string of the molecule is O=C(O)[C@@H]1CCCN(C(=O)CSc2ccc(Cl)cc2)C1. The lowest BCUT2D eigenvalue weighted by molar-refractivity contribution is -0.145. The van der Waals surface area contributed by atoms with E-state index in [1.807, 2.05) is 12.1 Å². The summed E-state index contributed by atoms with van der Waals surface area (Å²) in [6, 6.07) is 7.32. The Hall–Kier alpha value is -1.20. The summed E-state index contributed by atoms with van der Waals surface area (Å²) in [5, 5.41) is 9.68. The number of likely N-dealkylation sites (tertiary alicyclic amines) is 1. The number of amides is 1. The number of hydrogen-bond acceptors (Lipinski definition) is 3. The van der Waals surface area contributed by atoms with Crippen LogP contribution in [-0.2, 0) is 9.59 Å². The largest absolute Gasteiger partial charge is 0.481 e. The fraction of sp³-hybridized carbons (Fsp3) is 0.429. The van der Waals surface area contributed by atoms with Gasteiger partial charge in [-0.1, -0.05) is 11.6 Å². The zero-order chi connectivity index (χ0) is 14.5. The van der Waals surface area contributed by atoms with Crippen LogP contribution in [0.1, 0.15) is 12.8 Å². The van der Waals surface area contributed by atoms with Gasteiger partial charge in [-0.25, -0.2) is 0 Å². The van der Waals surface area contributed by atoms with Gasteiger partial charge in [0.15, 0.2) is 0 Å². The molecule has 0 radical (unpaired) electrons. The van der Waals surface area contributed by atoms with E-state index in [4.69, 9.17) is 16.7 Å². The number of aliphatic carboxylic acids is 1. The Morgan fingerprint density at radius 2 is 2.05 bits per heavy atom. The van der Waals surface area contributed by atoms with Crippen molar-refractivity contribution in [3.05, 3.63) is 29.3 Å². The Balaban J connectivity index is 1.85. The minimum Gasteiger partial charge on any atom is -0.481 e. The van der Waals surface area contributed by atoms with Crippen molar-refractivity contribution in [2.24, 2.45) is 5.92 Å². The van der Waals surface area contributed by atoms with Gasteiger partial charge in [0.2, 0.25) is 5.91 Å². The first-order chi connectivity index (χ1) is 9.56. The van der Waals surface area contributed by atoms with Crippen LogP contribution in [-0.4, -0.2) is 40.7 Å². The Morgan fingerprint density at radius 3 is 2.70 bits per heavy atom. The van der Waals surface area contributed by atoms with E-state index in [1.165, 1.54) is 11.8 Å². The third-order valence-electron chi connectivity index (χ3n) is 3.30. The molecule has 1 aromatic carbocycles. The van der Waals surface area contributed by atoms with Crippen molar-refractivity contribution in [2.75, 3.05) is 18.8 Å². The minimum absolute atomic E-state index is 0.00380. The van der Waals surface area contributed by atoms with Crippen molar-refractivity contribution in [3.63, 3.8) is 0 Å². The van der Waals surface area contributed by atoms with E-state index >= 15 is 0 Å². The Labute approximate surface area is 127 Å². The van der Waals surface area contributed by atoms with E-state index < -0.39 is 11.9 Å². The lowest BCUT2D eigenvalue weighted by Crippen LogP contribution is -2.43. The summed E-state index contributed by atoms with van der Waals surface area (Å²) in [5.74, 6) is -0.912. The van der Waals surface area contributed by atoms with Gasteiger partial charge in [0.1, 0.15) is 0 Å². The maximum absolute atomic E-state index is 12.1. The van der Waals surface area contributed by atoms with Crippen molar-refractivity contribution in [1.29, 1.82) is 0 Å². The standard InChI is InChI=1S/C14H16ClNO3S/c15-11-3-5-12(6-4-11)20-9-13(17)16-7-1-2-10(8-16)14(18)19/h3-6,10H,1-2,7-9H2,(H,18,19)/t10-/m1/s1. The number of piperidine rings is 1. The van der Waals surface area contributed by atoms with E-state index in [-0.39, 0.29) is 5.91 Å². The van der Waals surface area contributed by atoms with Crippen LogP contribution in [0, 0.1) is 5.92 Å². The predicted molar refractivity (Wildman–Crippen MR) is 79.1 cm³/mol. The van der Waals surface area contributed by atoms with Crippen LogP contribution < -0.4 is 0 Å². The second-order valence-electron chi connectivity index (χ2n) is 4.76. The Morgan fingerprint density at radius 1 is 1.35 bits per heavy atom. The summed E-state index contributed by atoms with van der Waals surface area (Å²) in [4.78, 5) is 25.7. The molecule has 1 heterocycles. The number of halogens is 1. The molecule has 0 spiro atoms. The maximum atomic E-state index is 12.1. The lowest BCUT2D eigenvalue weighted by Gasteiger charge is -2.30. The molecule has 2 rings (SSSR count). The smallest absolute Gasteiger partial charge is 0.308 e. The van der Waals surface area contributed by atoms with Gasteiger partial charge in [-0.2, -0.15) is 0 Å². The fourth-order valence-electron chi connectivity index (χ4n) is 2.17. The molecular weight excluding hydrogens is 298 g/mol. The van der Waals surface area contributed by atoms with Crippen LogP contribution in [0.15, 0.2) is 29.2 Å². The molecule has 20 heavy (non-hydrogen) atoms. The molecule has 0 bridgehead atoms. The Bertz CT molecular complexity index is 492. The van der Waals surface area contributed by atoms with Crippen molar-refractivity contribution < 1.29 is 14.7 Å². The highest BCUT2D eigenvalue weighted by atomic mass is 35.5. The van der Waals surface area contributed by atoms with Gasteiger partial charge < -0.3 is 10.0 Å². The maximum Gasteiger partial charge on any atom is 0.308 e. The van der Waals surface area contributed by atoms with Gasteiger partial charge >= 0.3 is 5.97 Å². The van der Waals surface area contributed by atoms with Crippen molar-refractivity contribution in [3.8, 4) is 0 Å². The number of carbonyl (C=O) groups is 2. The van der Waals surface area contributed by atoms with E-state index in [1.54, 1.807) is 17.0 Å². The summed E-state index contributed by atoms with van der Waals surface area (Å²) in [6.07, 6.45) is 1.41. The van der Waals surface area contributed by atoms with E-state index in [0.29, 0.717) is 30.3 Å². The first-order valence-corrected chi connectivity index (χ1v) is 7.81. The van der Waals surface area contributed by atoms with E-state index in [0.717, 1.165) is 11.3 Å². The highest BCUT2D eigenvalue weighted by Crippen LogP contribution is 2.22. The van der Waals surface area contributed by atoms with Crippen LogP contribution in [0.2, 0.25) is 5.02 Å². The molecule has 1 fully saturated rings. The predicted octanol–water partition coefficient (Wildman–Crippen LogP) is 2.76. The van der Waals surface area contributed by atoms with Crippen LogP contribution in [0.5, 0.6) is 0 Å². The second-order valence-corrected chi connectivity index (χ2v) is 6.24. The molecule has 1 aliphatic rings. The summed E-state index contributed by atoms with van der Waals surface area (Å²) < 4.78 is 0. The van der Waals surface area contributed by atoms with E-state index in [2.05, 4.69) is 0 Å². The van der Waals surface area contributed by atoms with Crippen LogP contribution in [0.3, 0.4) is 0 Å². The van der Waals surface area contributed by atoms with Gasteiger partial charge in [-0.15, -0.1) is 11.8 Å². The van der Waals surface area contributed by atoms with Crippen LogP contribution in [0.25, 0.3) is 0 Å². The first kappa shape index (κ1) is 15.2. The molecule has 1 atom stereocenters. The molecule has 1 aromatic rings. The molecule has 0 saturated carbocycles. The molecule has 0 aliphatic carbocycles. The average molecular weight is 314 g/mol. The van der Waals surface area contributed by atoms with Crippen LogP contribution >= 0.6 is 23.4 Å². The molecule has 1 N–H and O–H groups in total. The zero-order valence-electron chi connectivity index (χ0n) is 10.9. The molecule has 1 aliphatic heterocycles. The third kappa shape index (κ3) is 4.15. The molecule has 6 heteroatoms. The molecule has 1 amide bonds. The summed E-state index contributed by atoms with van der Waals surface area (Å²) >= 11 is 7.25. The van der Waals surface area contributed by atoms with Gasteiger partial charge in [-0.05, 0) is 37.1 Å². The summed E-state index contributed by atoms with van der Waals surface area (Å²) in [6.45, 7) is 0.985. The van der Waals surface area contributed by atoms with Gasteiger partial charge in [-0.3, -0.25) is 9.59 Å².